The maximum Gasteiger partial charge on any atom is 0.0578 e. The van der Waals surface area contributed by atoms with Crippen LogP contribution in [0.25, 0.3) is 0 Å². The minimum atomic E-state index is 0.429. The minimum Gasteiger partial charge on any atom is -0.299 e. The lowest BCUT2D eigenvalue weighted by Gasteiger charge is -2.13. The number of nitrogens with one attached hydrogen (secondary N) is 1. The average molecular weight is 321 g/mol. The van der Waals surface area contributed by atoms with Crippen molar-refractivity contribution in [2.24, 2.45) is 0 Å². The van der Waals surface area contributed by atoms with Crippen LogP contribution in [-0.2, 0) is 12.8 Å². The Morgan fingerprint density at radius 1 is 1.22 bits per heavy atom. The van der Waals surface area contributed by atoms with Gasteiger partial charge in [-0.15, -0.1) is 18.2 Å². The zero-order valence-corrected chi connectivity index (χ0v) is 14.5. The summed E-state index contributed by atoms with van der Waals surface area (Å²) < 4.78 is 0. The van der Waals surface area contributed by atoms with Crippen LogP contribution >= 0.6 is 11.8 Å². The van der Waals surface area contributed by atoms with Crippen molar-refractivity contribution in [1.82, 2.24) is 5.32 Å². The molecular formula is C21H23NS. The van der Waals surface area contributed by atoms with E-state index < -0.39 is 0 Å². The second-order valence-electron chi connectivity index (χ2n) is 6.08. The highest BCUT2D eigenvalue weighted by atomic mass is 32.2. The Morgan fingerprint density at radius 2 is 2.04 bits per heavy atom. The summed E-state index contributed by atoms with van der Waals surface area (Å²) in [5, 5.41) is 3.46. The lowest BCUT2D eigenvalue weighted by molar-refractivity contribution is 0.568. The van der Waals surface area contributed by atoms with Crippen LogP contribution in [0.3, 0.4) is 0 Å². The van der Waals surface area contributed by atoms with Gasteiger partial charge in [0.15, 0.2) is 0 Å². The third-order valence-corrected chi connectivity index (χ3v) is 5.55. The van der Waals surface area contributed by atoms with Gasteiger partial charge in [0.05, 0.1) is 6.54 Å². The van der Waals surface area contributed by atoms with Gasteiger partial charge in [0.2, 0.25) is 0 Å². The van der Waals surface area contributed by atoms with Gasteiger partial charge in [0.1, 0.15) is 0 Å². The fourth-order valence-electron chi connectivity index (χ4n) is 3.18. The third-order valence-electron chi connectivity index (χ3n) is 4.45. The second-order valence-corrected chi connectivity index (χ2v) is 7.22. The first-order chi connectivity index (χ1) is 11.3. The van der Waals surface area contributed by atoms with E-state index in [2.05, 4.69) is 60.6 Å². The highest BCUT2D eigenvalue weighted by Crippen LogP contribution is 2.37. The second kappa shape index (κ2) is 7.73. The molecule has 0 aromatic heterocycles. The Hall–Kier alpha value is -1.69. The molecule has 0 amide bonds. The van der Waals surface area contributed by atoms with Crippen LogP contribution in [0.2, 0.25) is 0 Å². The van der Waals surface area contributed by atoms with Crippen LogP contribution in [-0.4, -0.2) is 12.3 Å². The molecule has 1 N–H and O–H groups in total. The van der Waals surface area contributed by atoms with E-state index in [-0.39, 0.29) is 0 Å². The van der Waals surface area contributed by atoms with E-state index in [4.69, 9.17) is 6.42 Å². The minimum absolute atomic E-state index is 0.429. The predicted octanol–water partition coefficient (Wildman–Crippen LogP) is 4.54. The van der Waals surface area contributed by atoms with Crippen molar-refractivity contribution in [2.75, 3.05) is 12.3 Å². The number of rotatable bonds is 6. The van der Waals surface area contributed by atoms with E-state index in [0.29, 0.717) is 12.6 Å². The SMILES string of the molecule is C#CCNC1CCc2c(SCCc3ccc(C)cc3)cccc21. The van der Waals surface area contributed by atoms with Gasteiger partial charge < -0.3 is 0 Å². The summed E-state index contributed by atoms with van der Waals surface area (Å²) >= 11 is 1.98. The number of benzene rings is 2. The molecule has 1 atom stereocenters. The quantitative estimate of drug-likeness (QED) is 0.619. The topological polar surface area (TPSA) is 12.0 Å². The molecule has 0 fully saturated rings. The van der Waals surface area contributed by atoms with Crippen molar-refractivity contribution < 1.29 is 0 Å². The Morgan fingerprint density at radius 3 is 2.83 bits per heavy atom. The summed E-state index contributed by atoms with van der Waals surface area (Å²) in [6, 6.07) is 16.0. The van der Waals surface area contributed by atoms with Crippen LogP contribution in [0.4, 0.5) is 0 Å². The smallest absolute Gasteiger partial charge is 0.0578 e. The Bertz CT molecular complexity index is 697. The summed E-state index contributed by atoms with van der Waals surface area (Å²) in [5.41, 5.74) is 5.72. The molecule has 0 bridgehead atoms. The molecule has 2 aromatic rings. The maximum atomic E-state index is 5.37. The van der Waals surface area contributed by atoms with Crippen LogP contribution in [0, 0.1) is 19.3 Å². The molecular weight excluding hydrogens is 298 g/mol. The van der Waals surface area contributed by atoms with Crippen molar-refractivity contribution in [3.05, 3.63) is 64.7 Å². The van der Waals surface area contributed by atoms with E-state index in [0.717, 1.165) is 25.0 Å². The number of thioether (sulfide) groups is 1. The van der Waals surface area contributed by atoms with Gasteiger partial charge in [-0.1, -0.05) is 47.9 Å². The van der Waals surface area contributed by atoms with Gasteiger partial charge in [-0.2, -0.15) is 0 Å². The largest absolute Gasteiger partial charge is 0.299 e. The summed E-state index contributed by atoms with van der Waals surface area (Å²) in [4.78, 5) is 1.44. The standard InChI is InChI=1S/C21H23NS/c1-3-14-22-20-12-11-19-18(20)5-4-6-21(19)23-15-13-17-9-7-16(2)8-10-17/h1,4-10,20,22H,11-15H2,2H3. The first-order valence-corrected chi connectivity index (χ1v) is 9.23. The molecule has 1 aliphatic carbocycles. The normalized spacial score (nSPS) is 16.1. The first kappa shape index (κ1) is 16.2. The molecule has 0 spiro atoms. The van der Waals surface area contributed by atoms with Crippen LogP contribution in [0.15, 0.2) is 47.4 Å². The van der Waals surface area contributed by atoms with Gasteiger partial charge in [-0.05, 0) is 48.9 Å². The molecule has 23 heavy (non-hydrogen) atoms. The van der Waals surface area contributed by atoms with Gasteiger partial charge in [0.25, 0.3) is 0 Å². The lowest BCUT2D eigenvalue weighted by atomic mass is 10.1. The first-order valence-electron chi connectivity index (χ1n) is 8.25. The molecule has 1 aliphatic rings. The summed E-state index contributed by atoms with van der Waals surface area (Å²) in [5.74, 6) is 3.81. The summed E-state index contributed by atoms with van der Waals surface area (Å²) in [7, 11) is 0. The number of hydrogen-bond acceptors (Lipinski definition) is 2. The molecule has 0 heterocycles. The van der Waals surface area contributed by atoms with E-state index in [1.165, 1.54) is 27.1 Å². The van der Waals surface area contributed by atoms with Crippen molar-refractivity contribution in [3.8, 4) is 12.3 Å². The molecule has 0 radical (unpaired) electrons. The number of fused-ring (bicyclic) bond motifs is 1. The number of aryl methyl sites for hydroxylation is 2. The highest BCUT2D eigenvalue weighted by molar-refractivity contribution is 7.99. The molecule has 1 nitrogen and oxygen atoms in total. The lowest BCUT2D eigenvalue weighted by Crippen LogP contribution is -2.19. The zero-order valence-electron chi connectivity index (χ0n) is 13.6. The monoisotopic (exact) mass is 321 g/mol. The number of terminal acetylenes is 1. The van der Waals surface area contributed by atoms with Crippen molar-refractivity contribution in [2.45, 2.75) is 37.1 Å². The molecule has 2 aromatic carbocycles. The molecule has 3 rings (SSSR count). The van der Waals surface area contributed by atoms with Crippen LogP contribution in [0.5, 0.6) is 0 Å². The Balaban J connectivity index is 1.62. The fraction of sp³-hybridized carbons (Fsp3) is 0.333. The van der Waals surface area contributed by atoms with Crippen LogP contribution in [0.1, 0.15) is 34.7 Å². The average Bonchev–Trinajstić information content (AvgIpc) is 2.99. The fourth-order valence-corrected chi connectivity index (χ4v) is 4.31. The Kier molecular flexibility index (Phi) is 5.43. The molecule has 2 heteroatoms. The van der Waals surface area contributed by atoms with E-state index >= 15 is 0 Å². The maximum absolute atomic E-state index is 5.37. The van der Waals surface area contributed by atoms with Crippen molar-refractivity contribution in [1.29, 1.82) is 0 Å². The van der Waals surface area contributed by atoms with E-state index in [1.807, 2.05) is 11.8 Å². The van der Waals surface area contributed by atoms with Gasteiger partial charge in [0, 0.05) is 16.7 Å². The van der Waals surface area contributed by atoms with Gasteiger partial charge in [-0.3, -0.25) is 5.32 Å². The van der Waals surface area contributed by atoms with Gasteiger partial charge in [-0.25, -0.2) is 0 Å². The van der Waals surface area contributed by atoms with Crippen LogP contribution < -0.4 is 5.32 Å². The van der Waals surface area contributed by atoms with Gasteiger partial charge >= 0.3 is 0 Å². The number of hydrogen-bond donors (Lipinski definition) is 1. The van der Waals surface area contributed by atoms with E-state index in [9.17, 15) is 0 Å². The zero-order chi connectivity index (χ0) is 16.1. The third kappa shape index (κ3) is 3.99. The summed E-state index contributed by atoms with van der Waals surface area (Å²) in [6.45, 7) is 2.78. The highest BCUT2D eigenvalue weighted by Gasteiger charge is 2.23. The molecule has 0 saturated carbocycles. The van der Waals surface area contributed by atoms with E-state index in [1.54, 1.807) is 0 Å². The molecule has 118 valence electrons. The van der Waals surface area contributed by atoms with Crippen molar-refractivity contribution >= 4 is 11.8 Å². The van der Waals surface area contributed by atoms with Crippen molar-refractivity contribution in [3.63, 3.8) is 0 Å². The predicted molar refractivity (Wildman–Crippen MR) is 99.9 cm³/mol. The molecule has 0 saturated heterocycles. The Labute approximate surface area is 143 Å². The molecule has 1 unspecified atom stereocenters. The summed E-state index contributed by atoms with van der Waals surface area (Å²) in [6.07, 6.45) is 8.81. The molecule has 0 aliphatic heterocycles.